The van der Waals surface area contributed by atoms with E-state index in [0.29, 0.717) is 18.0 Å². The highest BCUT2D eigenvalue weighted by Crippen LogP contribution is 2.30. The zero-order valence-electron chi connectivity index (χ0n) is 9.76. The quantitative estimate of drug-likeness (QED) is 0.851. The van der Waals surface area contributed by atoms with Gasteiger partial charge in [-0.25, -0.2) is 9.97 Å². The molecule has 1 heterocycles. The smallest absolute Gasteiger partial charge is 0.322 e. The number of hydrogen-bond donors (Lipinski definition) is 1. The lowest BCUT2D eigenvalue weighted by Gasteiger charge is -2.10. The molecule has 0 aliphatic rings. The molecule has 1 aromatic carbocycles. The zero-order valence-corrected chi connectivity index (χ0v) is 11.9. The monoisotopic (exact) mass is 357 g/mol. The molecule has 0 spiro atoms. The van der Waals surface area contributed by atoms with E-state index in [0.717, 1.165) is 9.13 Å². The molecule has 0 radical (unpaired) electrons. The summed E-state index contributed by atoms with van der Waals surface area (Å²) in [4.78, 5) is 8.14. The standard InChI is InChI=1S/C12H12IN3O2/c1-17-11-4-8(5-14)2-3-10(11)18-12-15-6-9(13)7-16-12/h2-4,6-7H,5,14H2,1H3. The fourth-order valence-corrected chi connectivity index (χ4v) is 1.65. The van der Waals surface area contributed by atoms with Gasteiger partial charge >= 0.3 is 6.01 Å². The van der Waals surface area contributed by atoms with Gasteiger partial charge in [0, 0.05) is 22.5 Å². The van der Waals surface area contributed by atoms with Gasteiger partial charge in [0.2, 0.25) is 0 Å². The van der Waals surface area contributed by atoms with Crippen molar-refractivity contribution in [3.63, 3.8) is 0 Å². The Labute approximate surface area is 118 Å². The third-order valence-corrected chi connectivity index (χ3v) is 2.82. The van der Waals surface area contributed by atoms with E-state index >= 15 is 0 Å². The van der Waals surface area contributed by atoms with Crippen molar-refractivity contribution < 1.29 is 9.47 Å². The van der Waals surface area contributed by atoms with E-state index in [1.165, 1.54) is 0 Å². The van der Waals surface area contributed by atoms with Gasteiger partial charge in [-0.1, -0.05) is 6.07 Å². The predicted octanol–water partition coefficient (Wildman–Crippen LogP) is 2.34. The first-order valence-electron chi connectivity index (χ1n) is 5.25. The highest BCUT2D eigenvalue weighted by Gasteiger charge is 2.08. The van der Waals surface area contributed by atoms with E-state index in [9.17, 15) is 0 Å². The first kappa shape index (κ1) is 13.0. The van der Waals surface area contributed by atoms with E-state index in [4.69, 9.17) is 15.2 Å². The van der Waals surface area contributed by atoms with Crippen molar-refractivity contribution in [1.29, 1.82) is 0 Å². The van der Waals surface area contributed by atoms with Crippen LogP contribution in [0.1, 0.15) is 5.56 Å². The van der Waals surface area contributed by atoms with E-state index in [2.05, 4.69) is 32.6 Å². The Bertz CT molecular complexity index is 531. The van der Waals surface area contributed by atoms with Crippen LogP contribution < -0.4 is 15.2 Å². The second-order valence-electron chi connectivity index (χ2n) is 3.48. The van der Waals surface area contributed by atoms with Crippen molar-refractivity contribution >= 4 is 22.6 Å². The molecular formula is C12H12IN3O2. The average molecular weight is 357 g/mol. The van der Waals surface area contributed by atoms with Crippen molar-refractivity contribution in [2.24, 2.45) is 5.73 Å². The molecule has 0 saturated carbocycles. The summed E-state index contributed by atoms with van der Waals surface area (Å²) in [7, 11) is 1.58. The van der Waals surface area contributed by atoms with Gasteiger partial charge in [-0.05, 0) is 40.3 Å². The molecule has 2 rings (SSSR count). The minimum Gasteiger partial charge on any atom is -0.493 e. The number of hydrogen-bond acceptors (Lipinski definition) is 5. The molecule has 94 valence electrons. The maximum Gasteiger partial charge on any atom is 0.322 e. The number of nitrogens with zero attached hydrogens (tertiary/aromatic N) is 2. The summed E-state index contributed by atoms with van der Waals surface area (Å²) < 4.78 is 11.8. The molecule has 0 fully saturated rings. The first-order chi connectivity index (χ1) is 8.72. The van der Waals surface area contributed by atoms with Gasteiger partial charge in [-0.15, -0.1) is 0 Å². The van der Waals surface area contributed by atoms with E-state index in [-0.39, 0.29) is 6.01 Å². The molecule has 18 heavy (non-hydrogen) atoms. The Balaban J connectivity index is 2.25. The van der Waals surface area contributed by atoms with Crippen LogP contribution in [0.15, 0.2) is 30.6 Å². The molecule has 0 bridgehead atoms. The lowest BCUT2D eigenvalue weighted by molar-refractivity contribution is 0.367. The number of aromatic nitrogens is 2. The van der Waals surface area contributed by atoms with Crippen LogP contribution in [0.5, 0.6) is 17.5 Å². The van der Waals surface area contributed by atoms with Gasteiger partial charge in [-0.3, -0.25) is 0 Å². The lowest BCUT2D eigenvalue weighted by atomic mass is 10.2. The van der Waals surface area contributed by atoms with E-state index in [1.54, 1.807) is 25.6 Å². The Hall–Kier alpha value is -1.41. The molecule has 2 aromatic rings. The molecule has 0 aliphatic heterocycles. The minimum atomic E-state index is 0.286. The number of methoxy groups -OCH3 is 1. The number of nitrogens with two attached hydrogens (primary N) is 1. The summed E-state index contributed by atoms with van der Waals surface area (Å²) in [6, 6.07) is 5.80. The first-order valence-corrected chi connectivity index (χ1v) is 6.33. The maximum atomic E-state index is 5.57. The Kier molecular flexibility index (Phi) is 4.32. The Morgan fingerprint density at radius 3 is 2.56 bits per heavy atom. The van der Waals surface area contributed by atoms with Crippen molar-refractivity contribution in [3.05, 3.63) is 39.7 Å². The third-order valence-electron chi connectivity index (χ3n) is 2.26. The fourth-order valence-electron chi connectivity index (χ4n) is 1.37. The Morgan fingerprint density at radius 2 is 1.94 bits per heavy atom. The molecule has 0 atom stereocenters. The van der Waals surface area contributed by atoms with Crippen LogP contribution in [0.4, 0.5) is 0 Å². The predicted molar refractivity (Wildman–Crippen MR) is 75.7 cm³/mol. The molecule has 5 nitrogen and oxygen atoms in total. The topological polar surface area (TPSA) is 70.3 Å². The summed E-state index contributed by atoms with van der Waals surface area (Å²) in [6.07, 6.45) is 3.37. The van der Waals surface area contributed by atoms with E-state index < -0.39 is 0 Å². The molecule has 0 aliphatic carbocycles. The van der Waals surface area contributed by atoms with Gasteiger partial charge in [-0.2, -0.15) is 0 Å². The van der Waals surface area contributed by atoms with Gasteiger partial charge in [0.1, 0.15) is 0 Å². The van der Waals surface area contributed by atoms with Gasteiger partial charge in [0.15, 0.2) is 11.5 Å². The van der Waals surface area contributed by atoms with Gasteiger partial charge in [0.25, 0.3) is 0 Å². The highest BCUT2D eigenvalue weighted by molar-refractivity contribution is 14.1. The molecule has 6 heteroatoms. The summed E-state index contributed by atoms with van der Waals surface area (Å²) in [6.45, 7) is 0.455. The van der Waals surface area contributed by atoms with Crippen LogP contribution in [-0.4, -0.2) is 17.1 Å². The molecule has 0 saturated heterocycles. The minimum absolute atomic E-state index is 0.286. The zero-order chi connectivity index (χ0) is 13.0. The van der Waals surface area contributed by atoms with Crippen molar-refractivity contribution in [3.8, 4) is 17.5 Å². The lowest BCUT2D eigenvalue weighted by Crippen LogP contribution is -1.99. The number of ether oxygens (including phenoxy) is 2. The summed E-state index contributed by atoms with van der Waals surface area (Å²) in [5.41, 5.74) is 6.55. The second kappa shape index (κ2) is 5.96. The molecular weight excluding hydrogens is 345 g/mol. The van der Waals surface area contributed by atoms with Crippen LogP contribution >= 0.6 is 22.6 Å². The highest BCUT2D eigenvalue weighted by atomic mass is 127. The molecule has 0 amide bonds. The molecule has 1 aromatic heterocycles. The van der Waals surface area contributed by atoms with Crippen molar-refractivity contribution in [2.45, 2.75) is 6.54 Å². The number of benzene rings is 1. The summed E-state index contributed by atoms with van der Waals surface area (Å²) in [5.74, 6) is 1.18. The van der Waals surface area contributed by atoms with Crippen LogP contribution in [0.3, 0.4) is 0 Å². The normalized spacial score (nSPS) is 10.2. The summed E-state index contributed by atoms with van der Waals surface area (Å²) >= 11 is 2.13. The number of halogens is 1. The van der Waals surface area contributed by atoms with Gasteiger partial charge in [0.05, 0.1) is 7.11 Å². The SMILES string of the molecule is COc1cc(CN)ccc1Oc1ncc(I)cn1. The summed E-state index contributed by atoms with van der Waals surface area (Å²) in [5, 5.41) is 0. The van der Waals surface area contributed by atoms with Crippen LogP contribution in [0.25, 0.3) is 0 Å². The average Bonchev–Trinajstić information content (AvgIpc) is 2.41. The van der Waals surface area contributed by atoms with Crippen LogP contribution in [-0.2, 0) is 6.54 Å². The molecule has 0 unspecified atom stereocenters. The van der Waals surface area contributed by atoms with Crippen molar-refractivity contribution in [2.75, 3.05) is 7.11 Å². The Morgan fingerprint density at radius 1 is 1.22 bits per heavy atom. The van der Waals surface area contributed by atoms with E-state index in [1.807, 2.05) is 12.1 Å². The van der Waals surface area contributed by atoms with Crippen LogP contribution in [0.2, 0.25) is 0 Å². The molecule has 2 N–H and O–H groups in total. The largest absolute Gasteiger partial charge is 0.493 e. The van der Waals surface area contributed by atoms with Crippen molar-refractivity contribution in [1.82, 2.24) is 9.97 Å². The van der Waals surface area contributed by atoms with Crippen LogP contribution in [0, 0.1) is 3.57 Å². The number of rotatable bonds is 4. The third kappa shape index (κ3) is 3.08. The van der Waals surface area contributed by atoms with Gasteiger partial charge < -0.3 is 15.2 Å². The second-order valence-corrected chi connectivity index (χ2v) is 4.72. The maximum absolute atomic E-state index is 5.57. The fraction of sp³-hybridized carbons (Fsp3) is 0.167.